The van der Waals surface area contributed by atoms with E-state index < -0.39 is 53.8 Å². The summed E-state index contributed by atoms with van der Waals surface area (Å²) in [6, 6.07) is 0. The zero-order valence-electron chi connectivity index (χ0n) is 15.3. The smallest absolute Gasteiger partial charge is 0.348 e. The van der Waals surface area contributed by atoms with Crippen molar-refractivity contribution in [3.8, 4) is 0 Å². The summed E-state index contributed by atoms with van der Waals surface area (Å²) in [6.45, 7) is 2.75. The molecule has 29 heavy (non-hydrogen) atoms. The third-order valence-corrected chi connectivity index (χ3v) is 5.41. The first kappa shape index (κ1) is 21.4. The van der Waals surface area contributed by atoms with Gasteiger partial charge in [-0.05, 0) is 5.92 Å². The third-order valence-electron chi connectivity index (χ3n) is 4.45. The highest BCUT2D eigenvalue weighted by molar-refractivity contribution is 7.17. The molecule has 6 N–H and O–H groups in total. The molecule has 0 spiro atoms. The number of aromatic amines is 1. The topological polar surface area (TPSA) is 196 Å². The molecule has 160 valence electrons. The predicted molar refractivity (Wildman–Crippen MR) is 97.6 cm³/mol. The van der Waals surface area contributed by atoms with Crippen molar-refractivity contribution in [1.29, 1.82) is 0 Å². The van der Waals surface area contributed by atoms with E-state index in [1.807, 2.05) is 0 Å². The lowest BCUT2D eigenvalue weighted by atomic mass is 10.1. The molecular formula is C15H20N4O9S. The van der Waals surface area contributed by atoms with Crippen LogP contribution >= 0.6 is 11.3 Å². The Hall–Kier alpha value is -2.36. The molecule has 1 saturated heterocycles. The van der Waals surface area contributed by atoms with E-state index in [0.29, 0.717) is 11.3 Å². The lowest BCUT2D eigenvalue weighted by molar-refractivity contribution is -0.161. The molecule has 0 aliphatic carbocycles. The number of nitrogens with zero attached hydrogens (tertiary/aromatic N) is 2. The van der Waals surface area contributed by atoms with Gasteiger partial charge in [0, 0.05) is 0 Å². The van der Waals surface area contributed by atoms with Crippen LogP contribution < -0.4 is 16.0 Å². The Balaban J connectivity index is 1.87. The Morgan fingerprint density at radius 3 is 2.69 bits per heavy atom. The Bertz CT molecular complexity index is 1020. The molecule has 0 bridgehead atoms. The minimum Gasteiger partial charge on any atom is -0.461 e. The number of rotatable bonds is 6. The first-order valence-corrected chi connectivity index (χ1v) is 9.39. The Labute approximate surface area is 166 Å². The number of hydrogen-bond donors (Lipinski definition) is 6. The Morgan fingerprint density at radius 2 is 2.07 bits per heavy atom. The van der Waals surface area contributed by atoms with Crippen LogP contribution in [0.15, 0.2) is 9.59 Å². The van der Waals surface area contributed by atoms with Crippen molar-refractivity contribution >= 4 is 33.5 Å². The van der Waals surface area contributed by atoms with Crippen LogP contribution in [0.2, 0.25) is 0 Å². The lowest BCUT2D eigenvalue weighted by Gasteiger charge is -2.17. The molecule has 0 saturated carbocycles. The minimum atomic E-state index is -1.60. The molecule has 1 aliphatic rings. The summed E-state index contributed by atoms with van der Waals surface area (Å²) in [5.41, 5.74) is 0.702. The molecule has 5 atom stereocenters. The van der Waals surface area contributed by atoms with E-state index in [0.717, 1.165) is 4.57 Å². The second kappa shape index (κ2) is 8.17. The maximum Gasteiger partial charge on any atom is 0.348 e. The highest BCUT2D eigenvalue weighted by Crippen LogP contribution is 2.32. The SMILES string of the molecule is CC(C)[C@H](O)C(=O)OC[C@H]1O[C@@H](n2c(=O)sc3c(NO)[nH]c(=O)nc32)[C@H](O)[C@@H]1O. The normalized spacial score (nSPS) is 25.5. The van der Waals surface area contributed by atoms with Crippen LogP contribution in [-0.4, -0.2) is 72.1 Å². The number of aromatic nitrogens is 3. The molecular weight excluding hydrogens is 412 g/mol. The van der Waals surface area contributed by atoms with Crippen LogP contribution in [0.1, 0.15) is 20.1 Å². The number of H-pyrrole nitrogens is 1. The number of esters is 1. The molecule has 13 nitrogen and oxygen atoms in total. The predicted octanol–water partition coefficient (Wildman–Crippen LogP) is -1.87. The largest absolute Gasteiger partial charge is 0.461 e. The number of ether oxygens (including phenoxy) is 2. The van der Waals surface area contributed by atoms with Crippen LogP contribution in [-0.2, 0) is 14.3 Å². The summed E-state index contributed by atoms with van der Waals surface area (Å²) in [5.74, 6) is -1.47. The van der Waals surface area contributed by atoms with Crippen molar-refractivity contribution in [3.05, 3.63) is 20.2 Å². The van der Waals surface area contributed by atoms with Crippen molar-refractivity contribution in [2.75, 3.05) is 12.1 Å². The molecule has 0 amide bonds. The van der Waals surface area contributed by atoms with Gasteiger partial charge >= 0.3 is 16.5 Å². The molecule has 0 aromatic carbocycles. The zero-order valence-corrected chi connectivity index (χ0v) is 16.1. The number of carbonyl (C=O) groups excluding carboxylic acids is 1. The van der Waals surface area contributed by atoms with E-state index in [1.165, 1.54) is 0 Å². The third kappa shape index (κ3) is 3.90. The maximum atomic E-state index is 12.4. The number of hydrogen-bond acceptors (Lipinski definition) is 12. The molecule has 2 aromatic heterocycles. The van der Waals surface area contributed by atoms with Crippen LogP contribution in [0, 0.1) is 5.92 Å². The number of aliphatic hydroxyl groups excluding tert-OH is 3. The molecule has 0 radical (unpaired) electrons. The number of carbonyl (C=O) groups is 1. The van der Waals surface area contributed by atoms with E-state index >= 15 is 0 Å². The van der Waals surface area contributed by atoms with Gasteiger partial charge in [0.05, 0.1) is 0 Å². The number of nitrogens with one attached hydrogen (secondary N) is 2. The Morgan fingerprint density at radius 1 is 1.38 bits per heavy atom. The summed E-state index contributed by atoms with van der Waals surface area (Å²) in [6.07, 6.45) is -7.11. The average molecular weight is 432 g/mol. The number of aliphatic hydroxyl groups is 3. The maximum absolute atomic E-state index is 12.4. The van der Waals surface area contributed by atoms with Gasteiger partial charge in [0.2, 0.25) is 0 Å². The van der Waals surface area contributed by atoms with Gasteiger partial charge in [0.25, 0.3) is 0 Å². The summed E-state index contributed by atoms with van der Waals surface area (Å²) in [5, 5.41) is 39.4. The van der Waals surface area contributed by atoms with E-state index in [4.69, 9.17) is 14.7 Å². The monoisotopic (exact) mass is 432 g/mol. The molecule has 3 rings (SSSR count). The average Bonchev–Trinajstić information content (AvgIpc) is 3.14. The van der Waals surface area contributed by atoms with Crippen molar-refractivity contribution in [2.45, 2.75) is 44.5 Å². The van der Waals surface area contributed by atoms with Crippen molar-refractivity contribution in [2.24, 2.45) is 5.92 Å². The minimum absolute atomic E-state index is 0.0947. The van der Waals surface area contributed by atoms with Gasteiger partial charge in [0.15, 0.2) is 23.8 Å². The van der Waals surface area contributed by atoms with Crippen LogP contribution in [0.25, 0.3) is 10.3 Å². The molecule has 0 unspecified atom stereocenters. The summed E-state index contributed by atoms with van der Waals surface area (Å²) < 4.78 is 11.4. The molecule has 1 aliphatic heterocycles. The van der Waals surface area contributed by atoms with E-state index in [-0.39, 0.29) is 22.1 Å². The molecule has 1 fully saturated rings. The fraction of sp³-hybridized carbons (Fsp3) is 0.600. The van der Waals surface area contributed by atoms with E-state index in [9.17, 15) is 29.7 Å². The van der Waals surface area contributed by atoms with Crippen molar-refractivity contribution in [3.63, 3.8) is 0 Å². The van der Waals surface area contributed by atoms with Crippen LogP contribution in [0.3, 0.4) is 0 Å². The van der Waals surface area contributed by atoms with E-state index in [2.05, 4.69) is 9.97 Å². The number of anilines is 1. The standard InChI is InChI=1S/C15H20N4O9S/c1-4(2)6(20)13(23)27-3-5-7(21)8(22)12(28-5)19-11-9(29-15(19)25)10(18-26)16-14(24)17-11/h4-8,12,20-22,26H,3H2,1-2H3,(H2,16,17,18,24)/t5-,6+,7-,8-,12-/m1/s1. The first-order valence-electron chi connectivity index (χ1n) is 8.57. The van der Waals surface area contributed by atoms with Crippen molar-refractivity contribution < 1.29 is 34.8 Å². The fourth-order valence-corrected chi connectivity index (χ4v) is 3.74. The summed E-state index contributed by atoms with van der Waals surface area (Å²) in [7, 11) is 0. The molecule has 14 heteroatoms. The molecule has 2 aromatic rings. The fourth-order valence-electron chi connectivity index (χ4n) is 2.84. The quantitative estimate of drug-likeness (QED) is 0.221. The summed E-state index contributed by atoms with van der Waals surface area (Å²) in [4.78, 5) is 41.1. The van der Waals surface area contributed by atoms with Gasteiger partial charge in [-0.3, -0.25) is 25.0 Å². The van der Waals surface area contributed by atoms with Gasteiger partial charge < -0.3 is 24.8 Å². The van der Waals surface area contributed by atoms with Gasteiger partial charge in [-0.15, -0.1) is 0 Å². The van der Waals surface area contributed by atoms with Gasteiger partial charge in [-0.25, -0.2) is 9.59 Å². The van der Waals surface area contributed by atoms with Crippen LogP contribution in [0.5, 0.6) is 0 Å². The van der Waals surface area contributed by atoms with Gasteiger partial charge in [-0.1, -0.05) is 25.2 Å². The number of fused-ring (bicyclic) bond motifs is 1. The second-order valence-electron chi connectivity index (χ2n) is 6.78. The first-order chi connectivity index (χ1) is 13.6. The van der Waals surface area contributed by atoms with Crippen LogP contribution in [0.4, 0.5) is 5.82 Å². The summed E-state index contributed by atoms with van der Waals surface area (Å²) >= 11 is 0.616. The Kier molecular flexibility index (Phi) is 6.02. The van der Waals surface area contributed by atoms with Crippen molar-refractivity contribution in [1.82, 2.24) is 14.5 Å². The van der Waals surface area contributed by atoms with Gasteiger partial charge in [0.1, 0.15) is 29.6 Å². The zero-order chi connectivity index (χ0) is 21.5. The highest BCUT2D eigenvalue weighted by atomic mass is 32.1. The second-order valence-corrected chi connectivity index (χ2v) is 7.75. The lowest BCUT2D eigenvalue weighted by Crippen LogP contribution is -2.37. The van der Waals surface area contributed by atoms with E-state index in [1.54, 1.807) is 19.3 Å². The van der Waals surface area contributed by atoms with Gasteiger partial charge in [-0.2, -0.15) is 4.98 Å². The highest BCUT2D eigenvalue weighted by Gasteiger charge is 2.46. The molecule has 3 heterocycles. The number of thiazole rings is 1.